The van der Waals surface area contributed by atoms with Gasteiger partial charge in [0.15, 0.2) is 5.96 Å². The molecule has 5 nitrogen and oxygen atoms in total. The maximum Gasteiger partial charge on any atom is 0.194 e. The van der Waals surface area contributed by atoms with E-state index >= 15 is 0 Å². The van der Waals surface area contributed by atoms with E-state index < -0.39 is 0 Å². The predicted octanol–water partition coefficient (Wildman–Crippen LogP) is 3.61. The van der Waals surface area contributed by atoms with Gasteiger partial charge in [-0.25, -0.2) is 0 Å². The van der Waals surface area contributed by atoms with Crippen molar-refractivity contribution in [3.63, 3.8) is 0 Å². The first-order valence-electron chi connectivity index (χ1n) is 8.92. The lowest BCUT2D eigenvalue weighted by Gasteiger charge is -2.62. The van der Waals surface area contributed by atoms with Crippen molar-refractivity contribution in [3.05, 3.63) is 29.8 Å². The van der Waals surface area contributed by atoms with Crippen LogP contribution in [-0.4, -0.2) is 62.6 Å². The average Bonchev–Trinajstić information content (AvgIpc) is 2.57. The van der Waals surface area contributed by atoms with E-state index in [-0.39, 0.29) is 35.6 Å². The summed E-state index contributed by atoms with van der Waals surface area (Å²) >= 11 is 0. The summed E-state index contributed by atoms with van der Waals surface area (Å²) in [6.07, 6.45) is 0. The second-order valence-electron chi connectivity index (χ2n) is 8.21. The lowest BCUT2D eigenvalue weighted by atomic mass is 9.65. The van der Waals surface area contributed by atoms with Crippen LogP contribution < -0.4 is 10.1 Å². The molecule has 0 aromatic heterocycles. The van der Waals surface area contributed by atoms with Gasteiger partial charge in [0.25, 0.3) is 0 Å². The molecule has 0 aliphatic carbocycles. The van der Waals surface area contributed by atoms with Gasteiger partial charge in [-0.05, 0) is 45.6 Å². The first-order valence-corrected chi connectivity index (χ1v) is 8.92. The second kappa shape index (κ2) is 8.78. The van der Waals surface area contributed by atoms with E-state index in [0.29, 0.717) is 5.41 Å². The molecule has 1 aromatic rings. The minimum atomic E-state index is 0. The molecule has 1 fully saturated rings. The summed E-state index contributed by atoms with van der Waals surface area (Å²) in [6.45, 7) is 11.0. The fourth-order valence-corrected chi connectivity index (χ4v) is 3.33. The maximum atomic E-state index is 5.38. The molecule has 1 unspecified atom stereocenters. The molecule has 0 radical (unpaired) electrons. The Morgan fingerprint density at radius 2 is 1.96 bits per heavy atom. The van der Waals surface area contributed by atoms with Crippen LogP contribution in [0.15, 0.2) is 29.3 Å². The van der Waals surface area contributed by atoms with Crippen molar-refractivity contribution < 1.29 is 4.74 Å². The maximum absolute atomic E-state index is 5.38. The Kier molecular flexibility index (Phi) is 7.77. The fraction of sp³-hybridized carbons (Fsp3) is 0.650. The van der Waals surface area contributed by atoms with Crippen molar-refractivity contribution in [1.29, 1.82) is 0 Å². The highest BCUT2D eigenvalue weighted by Crippen LogP contribution is 2.46. The average molecular weight is 474 g/mol. The number of nitrogens with zero attached hydrogens (tertiary/aromatic N) is 3. The van der Waals surface area contributed by atoms with Gasteiger partial charge in [0.05, 0.1) is 13.2 Å². The van der Waals surface area contributed by atoms with Crippen molar-refractivity contribution in [3.8, 4) is 5.75 Å². The van der Waals surface area contributed by atoms with Crippen LogP contribution in [0.2, 0.25) is 0 Å². The van der Waals surface area contributed by atoms with Gasteiger partial charge in [0, 0.05) is 31.1 Å². The molecule has 1 aliphatic heterocycles. The summed E-state index contributed by atoms with van der Waals surface area (Å²) < 4.78 is 5.38. The topological polar surface area (TPSA) is 40.1 Å². The van der Waals surface area contributed by atoms with Gasteiger partial charge in [0.1, 0.15) is 5.75 Å². The Labute approximate surface area is 176 Å². The number of methoxy groups -OCH3 is 1. The zero-order valence-corrected chi connectivity index (χ0v) is 19.8. The van der Waals surface area contributed by atoms with Crippen molar-refractivity contribution in [1.82, 2.24) is 15.1 Å². The SMILES string of the molecule is CN=C(NCC(c1cccc(OC)c1)N(C)C)N1CC(C)(C)C1(C)C.I. The van der Waals surface area contributed by atoms with Crippen molar-refractivity contribution in [2.45, 2.75) is 39.3 Å². The summed E-state index contributed by atoms with van der Waals surface area (Å²) in [5, 5.41) is 3.58. The van der Waals surface area contributed by atoms with Crippen LogP contribution in [0, 0.1) is 5.41 Å². The number of nitrogens with one attached hydrogen (secondary N) is 1. The first kappa shape index (κ1) is 23.0. The third-order valence-corrected chi connectivity index (χ3v) is 5.91. The summed E-state index contributed by atoms with van der Waals surface area (Å²) in [6, 6.07) is 8.51. The molecule has 1 aromatic carbocycles. The number of likely N-dealkylation sites (N-methyl/N-ethyl adjacent to an activating group) is 1. The standard InChI is InChI=1S/C20H34N4O.HI/c1-19(2)14-24(20(19,3)4)18(21-5)22-13-17(23(6)7)15-10-9-11-16(12-15)25-8;/h9-12,17H,13-14H2,1-8H3,(H,21,22);1H. The monoisotopic (exact) mass is 474 g/mol. The summed E-state index contributed by atoms with van der Waals surface area (Å²) in [4.78, 5) is 9.11. The van der Waals surface area contributed by atoms with Crippen LogP contribution in [-0.2, 0) is 0 Å². The number of benzene rings is 1. The van der Waals surface area contributed by atoms with Crippen LogP contribution in [0.1, 0.15) is 39.3 Å². The van der Waals surface area contributed by atoms with E-state index in [1.165, 1.54) is 5.56 Å². The van der Waals surface area contributed by atoms with E-state index in [0.717, 1.165) is 24.8 Å². The number of halogens is 1. The molecular weight excluding hydrogens is 439 g/mol. The zero-order valence-electron chi connectivity index (χ0n) is 17.5. The fourth-order valence-electron chi connectivity index (χ4n) is 3.33. The van der Waals surface area contributed by atoms with Gasteiger partial charge in [-0.2, -0.15) is 0 Å². The molecule has 0 bridgehead atoms. The van der Waals surface area contributed by atoms with Gasteiger partial charge in [-0.15, -0.1) is 24.0 Å². The third kappa shape index (κ3) is 4.44. The highest BCUT2D eigenvalue weighted by atomic mass is 127. The Bertz CT molecular complexity index is 628. The van der Waals surface area contributed by atoms with Gasteiger partial charge >= 0.3 is 0 Å². The van der Waals surface area contributed by atoms with Gasteiger partial charge < -0.3 is 19.9 Å². The molecule has 0 amide bonds. The van der Waals surface area contributed by atoms with Gasteiger partial charge in [-0.1, -0.05) is 26.0 Å². The van der Waals surface area contributed by atoms with E-state index in [1.54, 1.807) is 7.11 Å². The molecule has 1 aliphatic rings. The number of ether oxygens (including phenoxy) is 1. The minimum Gasteiger partial charge on any atom is -0.497 e. The third-order valence-electron chi connectivity index (χ3n) is 5.91. The largest absolute Gasteiger partial charge is 0.497 e. The molecule has 1 atom stereocenters. The first-order chi connectivity index (χ1) is 11.6. The number of aliphatic imine (C=N–C) groups is 1. The molecule has 6 heteroatoms. The number of guanidine groups is 1. The minimum absolute atomic E-state index is 0. The van der Waals surface area contributed by atoms with Crippen molar-refractivity contribution in [2.75, 3.05) is 41.3 Å². The van der Waals surface area contributed by atoms with Crippen LogP contribution in [0.25, 0.3) is 0 Å². The van der Waals surface area contributed by atoms with Crippen LogP contribution in [0.4, 0.5) is 0 Å². The van der Waals surface area contributed by atoms with E-state index in [4.69, 9.17) is 4.74 Å². The lowest BCUT2D eigenvalue weighted by Crippen LogP contribution is -2.72. The number of rotatable bonds is 5. The number of likely N-dealkylation sites (tertiary alicyclic amines) is 1. The lowest BCUT2D eigenvalue weighted by molar-refractivity contribution is -0.0668. The molecule has 148 valence electrons. The highest BCUT2D eigenvalue weighted by Gasteiger charge is 2.53. The van der Waals surface area contributed by atoms with E-state index in [2.05, 4.69) is 74.0 Å². The van der Waals surface area contributed by atoms with Crippen LogP contribution in [0.5, 0.6) is 5.75 Å². The predicted molar refractivity (Wildman–Crippen MR) is 121 cm³/mol. The van der Waals surface area contributed by atoms with E-state index in [1.807, 2.05) is 19.2 Å². The number of hydrogen-bond donors (Lipinski definition) is 1. The Morgan fingerprint density at radius 3 is 2.42 bits per heavy atom. The Balaban J connectivity index is 0.00000338. The van der Waals surface area contributed by atoms with Gasteiger partial charge in [0.2, 0.25) is 0 Å². The molecule has 0 saturated carbocycles. The van der Waals surface area contributed by atoms with Gasteiger partial charge in [-0.3, -0.25) is 4.99 Å². The van der Waals surface area contributed by atoms with Crippen molar-refractivity contribution in [2.24, 2.45) is 10.4 Å². The molecule has 1 N–H and O–H groups in total. The van der Waals surface area contributed by atoms with Crippen LogP contribution in [0.3, 0.4) is 0 Å². The molecule has 2 rings (SSSR count). The number of hydrogen-bond acceptors (Lipinski definition) is 3. The summed E-state index contributed by atoms with van der Waals surface area (Å²) in [5.74, 6) is 1.86. The zero-order chi connectivity index (χ0) is 18.8. The normalized spacial score (nSPS) is 19.4. The molecular formula is C20H35IN4O. The smallest absolute Gasteiger partial charge is 0.194 e. The molecule has 0 spiro atoms. The summed E-state index contributed by atoms with van der Waals surface area (Å²) in [5.41, 5.74) is 1.62. The van der Waals surface area contributed by atoms with Crippen molar-refractivity contribution >= 4 is 29.9 Å². The highest BCUT2D eigenvalue weighted by molar-refractivity contribution is 14.0. The Morgan fingerprint density at radius 1 is 1.31 bits per heavy atom. The molecule has 26 heavy (non-hydrogen) atoms. The second-order valence-corrected chi connectivity index (χ2v) is 8.21. The van der Waals surface area contributed by atoms with E-state index in [9.17, 15) is 0 Å². The molecule has 1 saturated heterocycles. The molecule has 1 heterocycles. The Hall–Kier alpha value is -1.02. The quantitative estimate of drug-likeness (QED) is 0.402. The van der Waals surface area contributed by atoms with Crippen LogP contribution >= 0.6 is 24.0 Å². The summed E-state index contributed by atoms with van der Waals surface area (Å²) in [7, 11) is 7.77.